The fourth-order valence-corrected chi connectivity index (χ4v) is 3.67. The molecule has 4 nitrogen and oxygen atoms in total. The van der Waals surface area contributed by atoms with Gasteiger partial charge in [0.05, 0.1) is 0 Å². The van der Waals surface area contributed by atoms with Crippen LogP contribution in [0.4, 0.5) is 0 Å². The molecule has 4 rings (SSSR count). The number of carbonyl (C=O) groups is 1. The third kappa shape index (κ3) is 2.05. The van der Waals surface area contributed by atoms with Gasteiger partial charge in [-0.15, -0.1) is 0 Å². The van der Waals surface area contributed by atoms with Crippen LogP contribution in [0.2, 0.25) is 0 Å². The summed E-state index contributed by atoms with van der Waals surface area (Å²) in [6.07, 6.45) is 6.46. The number of benzene rings is 1. The summed E-state index contributed by atoms with van der Waals surface area (Å²) in [6, 6.07) is 4.25. The van der Waals surface area contributed by atoms with Gasteiger partial charge in [0.2, 0.25) is 6.79 Å². The summed E-state index contributed by atoms with van der Waals surface area (Å²) in [4.78, 5) is 13.9. The fourth-order valence-electron chi connectivity index (χ4n) is 3.67. The van der Waals surface area contributed by atoms with Crippen LogP contribution in [0.15, 0.2) is 24.3 Å². The number of carbonyl (C=O) groups excluding carboxylic acids is 1. The highest BCUT2D eigenvalue weighted by Gasteiger charge is 2.37. The Balaban J connectivity index is 1.88. The minimum absolute atomic E-state index is 0.0328. The van der Waals surface area contributed by atoms with Crippen LogP contribution in [0.3, 0.4) is 0 Å². The topological polar surface area (TPSA) is 38.8 Å². The number of rotatable bonds is 0. The maximum absolute atomic E-state index is 11.6. The first-order valence-electron chi connectivity index (χ1n) is 7.50. The van der Waals surface area contributed by atoms with Crippen LogP contribution in [0.5, 0.6) is 11.5 Å². The molecule has 0 amide bonds. The molecule has 1 spiro atoms. The minimum Gasteiger partial charge on any atom is -0.454 e. The third-order valence-electron chi connectivity index (χ3n) is 4.92. The van der Waals surface area contributed by atoms with Crippen LogP contribution >= 0.6 is 0 Å². The summed E-state index contributed by atoms with van der Waals surface area (Å²) in [5.41, 5.74) is 2.56. The largest absolute Gasteiger partial charge is 0.454 e. The Labute approximate surface area is 124 Å². The Morgan fingerprint density at radius 1 is 1.19 bits per heavy atom. The molecule has 110 valence electrons. The van der Waals surface area contributed by atoms with Crippen molar-refractivity contribution >= 4 is 5.78 Å². The molecule has 4 heteroatoms. The normalized spacial score (nSPS) is 27.8. The Morgan fingerprint density at radius 2 is 2.00 bits per heavy atom. The van der Waals surface area contributed by atoms with Gasteiger partial charge in [-0.25, -0.2) is 0 Å². The van der Waals surface area contributed by atoms with Crippen LogP contribution in [-0.4, -0.2) is 31.1 Å². The van der Waals surface area contributed by atoms with E-state index in [0.717, 1.165) is 37.4 Å². The van der Waals surface area contributed by atoms with Crippen molar-refractivity contribution in [2.45, 2.75) is 31.2 Å². The number of hydrogen-bond donors (Lipinski definition) is 0. The first-order chi connectivity index (χ1) is 10.2. The van der Waals surface area contributed by atoms with E-state index in [0.29, 0.717) is 13.2 Å². The van der Waals surface area contributed by atoms with Gasteiger partial charge in [0.1, 0.15) is 0 Å². The van der Waals surface area contributed by atoms with Gasteiger partial charge < -0.3 is 14.4 Å². The van der Waals surface area contributed by atoms with E-state index in [4.69, 9.17) is 9.47 Å². The molecule has 0 N–H and O–H groups in total. The molecule has 21 heavy (non-hydrogen) atoms. The molecule has 0 saturated carbocycles. The van der Waals surface area contributed by atoms with Gasteiger partial charge in [0.15, 0.2) is 17.3 Å². The molecule has 0 radical (unpaired) electrons. The van der Waals surface area contributed by atoms with E-state index in [1.807, 2.05) is 0 Å². The zero-order chi connectivity index (χ0) is 14.4. The lowest BCUT2D eigenvalue weighted by atomic mass is 9.70. The molecule has 2 aliphatic heterocycles. The summed E-state index contributed by atoms with van der Waals surface area (Å²) < 4.78 is 11.1. The zero-order valence-corrected chi connectivity index (χ0v) is 12.2. The summed E-state index contributed by atoms with van der Waals surface area (Å²) in [5, 5.41) is 0. The second-order valence-electron chi connectivity index (χ2n) is 6.31. The fraction of sp³-hybridized carbons (Fsp3) is 0.471. The quantitative estimate of drug-likeness (QED) is 0.734. The van der Waals surface area contributed by atoms with Crippen LogP contribution in [0.25, 0.3) is 0 Å². The summed E-state index contributed by atoms with van der Waals surface area (Å²) >= 11 is 0. The maximum atomic E-state index is 11.6. The molecule has 1 aliphatic carbocycles. The Kier molecular flexibility index (Phi) is 2.82. The lowest BCUT2D eigenvalue weighted by Gasteiger charge is -2.33. The van der Waals surface area contributed by atoms with Gasteiger partial charge in [-0.05, 0) is 55.8 Å². The van der Waals surface area contributed by atoms with Crippen LogP contribution in [0.1, 0.15) is 30.4 Å². The second kappa shape index (κ2) is 4.60. The molecular formula is C17H19NO3. The van der Waals surface area contributed by atoms with Crippen molar-refractivity contribution in [3.05, 3.63) is 35.4 Å². The maximum Gasteiger partial charge on any atom is 0.231 e. The Morgan fingerprint density at radius 3 is 2.76 bits per heavy atom. The van der Waals surface area contributed by atoms with E-state index in [1.165, 1.54) is 11.1 Å². The Bertz CT molecular complexity index is 637. The van der Waals surface area contributed by atoms with E-state index in [1.54, 1.807) is 6.08 Å². The predicted molar refractivity (Wildman–Crippen MR) is 78.6 cm³/mol. The third-order valence-corrected chi connectivity index (χ3v) is 4.92. The van der Waals surface area contributed by atoms with Gasteiger partial charge >= 0.3 is 0 Å². The smallest absolute Gasteiger partial charge is 0.231 e. The number of ether oxygens (including phenoxy) is 2. The summed E-state index contributed by atoms with van der Waals surface area (Å²) in [6.45, 7) is 2.24. The molecule has 0 fully saturated rings. The van der Waals surface area contributed by atoms with Gasteiger partial charge in [0.25, 0.3) is 0 Å². The molecule has 1 aromatic rings. The highest BCUT2D eigenvalue weighted by molar-refractivity contribution is 5.91. The highest BCUT2D eigenvalue weighted by Crippen LogP contribution is 2.46. The van der Waals surface area contributed by atoms with Gasteiger partial charge in [-0.3, -0.25) is 4.79 Å². The van der Waals surface area contributed by atoms with Crippen LogP contribution in [0, 0.1) is 0 Å². The van der Waals surface area contributed by atoms with Crippen molar-refractivity contribution in [3.63, 3.8) is 0 Å². The van der Waals surface area contributed by atoms with Crippen molar-refractivity contribution in [2.75, 3.05) is 20.4 Å². The number of hydrogen-bond acceptors (Lipinski definition) is 4. The minimum atomic E-state index is -0.0328. The van der Waals surface area contributed by atoms with E-state index >= 15 is 0 Å². The van der Waals surface area contributed by atoms with Crippen LogP contribution < -0.4 is 9.47 Å². The number of nitrogens with zero attached hydrogens (tertiary/aromatic N) is 1. The molecule has 0 saturated heterocycles. The molecule has 0 bridgehead atoms. The summed E-state index contributed by atoms with van der Waals surface area (Å²) in [5.74, 6) is 1.92. The predicted octanol–water partition coefficient (Wildman–Crippen LogP) is 2.41. The average Bonchev–Trinajstić information content (AvgIpc) is 2.89. The standard InChI is InChI=1S/C17H19NO3/c1-18-7-6-17(4-2-13(19)3-5-17)14-9-16-15(20-11-21-16)8-12(14)10-18/h2,4,8-9H,3,5-7,10-11H2,1H3/t17-/m0/s1. The molecule has 1 atom stereocenters. The molecule has 3 aliphatic rings. The van der Waals surface area contributed by atoms with Crippen molar-refractivity contribution in [3.8, 4) is 11.5 Å². The molecule has 1 aromatic carbocycles. The van der Waals surface area contributed by atoms with Crippen molar-refractivity contribution in [1.29, 1.82) is 0 Å². The van der Waals surface area contributed by atoms with Crippen molar-refractivity contribution < 1.29 is 14.3 Å². The molecule has 2 heterocycles. The van der Waals surface area contributed by atoms with Crippen LogP contribution in [-0.2, 0) is 16.8 Å². The lowest BCUT2D eigenvalue weighted by Crippen LogP contribution is -2.30. The van der Waals surface area contributed by atoms with Gasteiger partial charge in [0, 0.05) is 18.4 Å². The Hall–Kier alpha value is -1.81. The van der Waals surface area contributed by atoms with E-state index in [9.17, 15) is 4.79 Å². The lowest BCUT2D eigenvalue weighted by molar-refractivity contribution is -0.115. The van der Waals surface area contributed by atoms with E-state index < -0.39 is 0 Å². The van der Waals surface area contributed by atoms with Gasteiger partial charge in [-0.2, -0.15) is 0 Å². The number of fused-ring (bicyclic) bond motifs is 3. The molecule has 0 unspecified atom stereocenters. The van der Waals surface area contributed by atoms with E-state index in [-0.39, 0.29) is 11.2 Å². The highest BCUT2D eigenvalue weighted by atomic mass is 16.7. The molecular weight excluding hydrogens is 266 g/mol. The number of ketones is 1. The zero-order valence-electron chi connectivity index (χ0n) is 12.2. The molecule has 0 aromatic heterocycles. The monoisotopic (exact) mass is 285 g/mol. The summed E-state index contributed by atoms with van der Waals surface area (Å²) in [7, 11) is 2.14. The van der Waals surface area contributed by atoms with Crippen molar-refractivity contribution in [1.82, 2.24) is 4.90 Å². The van der Waals surface area contributed by atoms with E-state index in [2.05, 4.69) is 30.2 Å². The first-order valence-corrected chi connectivity index (χ1v) is 7.50. The van der Waals surface area contributed by atoms with Crippen molar-refractivity contribution in [2.24, 2.45) is 0 Å². The first kappa shape index (κ1) is 12.9. The SMILES string of the molecule is CN1CC[C@@]2(C=CC(=O)CC2)c2cc3c(cc2C1)OCO3. The number of allylic oxidation sites excluding steroid dienone is 2. The second-order valence-corrected chi connectivity index (χ2v) is 6.31. The average molecular weight is 285 g/mol. The van der Waals surface area contributed by atoms with Gasteiger partial charge in [-0.1, -0.05) is 6.08 Å².